The van der Waals surface area contributed by atoms with Crippen molar-refractivity contribution >= 4 is 23.4 Å². The van der Waals surface area contributed by atoms with E-state index in [1.807, 2.05) is 18.7 Å². The maximum atomic E-state index is 5.54. The quantitative estimate of drug-likeness (QED) is 0.526. The average molecular weight is 281 g/mol. The zero-order chi connectivity index (χ0) is 13.8. The molecule has 106 valence electrons. The summed E-state index contributed by atoms with van der Waals surface area (Å²) >= 11 is 1.87. The summed E-state index contributed by atoms with van der Waals surface area (Å²) in [5, 5.41) is 3.44. The fraction of sp³-hybridized carbons (Fsp3) is 0.692. The molecule has 1 aromatic rings. The molecular weight excluding hydrogens is 258 g/mol. The first kappa shape index (κ1) is 14.4. The standard InChI is InChI=1S/C13H23N5S/c1-8(7-19-3)6-15-11-9(2)12(18-14)17-13(16-11)10-4-5-10/h8,10H,4-7,14H2,1-3H3,(H2,15,16,17,18). The Morgan fingerprint density at radius 1 is 1.37 bits per heavy atom. The molecule has 0 amide bonds. The van der Waals surface area contributed by atoms with E-state index < -0.39 is 0 Å². The van der Waals surface area contributed by atoms with Gasteiger partial charge in [0.25, 0.3) is 0 Å². The molecule has 1 unspecified atom stereocenters. The van der Waals surface area contributed by atoms with Gasteiger partial charge in [0, 0.05) is 18.0 Å². The predicted molar refractivity (Wildman–Crippen MR) is 82.6 cm³/mol. The minimum Gasteiger partial charge on any atom is -0.369 e. The Morgan fingerprint density at radius 3 is 2.63 bits per heavy atom. The van der Waals surface area contributed by atoms with Gasteiger partial charge in [-0.05, 0) is 37.7 Å². The third kappa shape index (κ3) is 3.73. The van der Waals surface area contributed by atoms with E-state index in [2.05, 4.69) is 33.9 Å². The van der Waals surface area contributed by atoms with Gasteiger partial charge in [-0.15, -0.1) is 0 Å². The summed E-state index contributed by atoms with van der Waals surface area (Å²) in [4.78, 5) is 9.14. The van der Waals surface area contributed by atoms with Gasteiger partial charge in [0.1, 0.15) is 17.5 Å². The highest BCUT2D eigenvalue weighted by Crippen LogP contribution is 2.39. The van der Waals surface area contributed by atoms with Crippen molar-refractivity contribution in [1.82, 2.24) is 9.97 Å². The normalized spacial score (nSPS) is 16.2. The SMILES string of the molecule is CSCC(C)CNc1nc(C2CC2)nc(NN)c1C. The maximum absolute atomic E-state index is 5.54. The van der Waals surface area contributed by atoms with Crippen molar-refractivity contribution in [3.05, 3.63) is 11.4 Å². The number of hydrogen-bond acceptors (Lipinski definition) is 6. The smallest absolute Gasteiger partial charge is 0.148 e. The second-order valence-corrected chi connectivity index (χ2v) is 6.17. The van der Waals surface area contributed by atoms with Gasteiger partial charge in [-0.2, -0.15) is 11.8 Å². The van der Waals surface area contributed by atoms with Crippen molar-refractivity contribution in [3.63, 3.8) is 0 Å². The Bertz CT molecular complexity index is 433. The highest BCUT2D eigenvalue weighted by molar-refractivity contribution is 7.98. The Morgan fingerprint density at radius 2 is 2.05 bits per heavy atom. The zero-order valence-corrected chi connectivity index (χ0v) is 12.7. The van der Waals surface area contributed by atoms with Crippen molar-refractivity contribution in [2.24, 2.45) is 11.8 Å². The fourth-order valence-corrected chi connectivity index (χ4v) is 2.67. The van der Waals surface area contributed by atoms with E-state index in [4.69, 9.17) is 5.84 Å². The Labute approximate surface area is 119 Å². The highest BCUT2D eigenvalue weighted by atomic mass is 32.2. The van der Waals surface area contributed by atoms with Crippen LogP contribution < -0.4 is 16.6 Å². The first-order chi connectivity index (χ1) is 9.15. The average Bonchev–Trinajstić information content (AvgIpc) is 3.22. The number of nitrogens with zero attached hydrogens (tertiary/aromatic N) is 2. The maximum Gasteiger partial charge on any atom is 0.148 e. The van der Waals surface area contributed by atoms with Gasteiger partial charge in [0.15, 0.2) is 0 Å². The summed E-state index contributed by atoms with van der Waals surface area (Å²) in [6, 6.07) is 0. The molecule has 1 fully saturated rings. The minimum absolute atomic E-state index is 0.525. The largest absolute Gasteiger partial charge is 0.369 e. The summed E-state index contributed by atoms with van der Waals surface area (Å²) in [5.41, 5.74) is 3.67. The Balaban J connectivity index is 2.11. The molecule has 6 heteroatoms. The lowest BCUT2D eigenvalue weighted by Gasteiger charge is -2.16. The van der Waals surface area contributed by atoms with Gasteiger partial charge in [0.05, 0.1) is 0 Å². The van der Waals surface area contributed by atoms with Gasteiger partial charge in [-0.25, -0.2) is 15.8 Å². The second kappa shape index (κ2) is 6.43. The fourth-order valence-electron chi connectivity index (χ4n) is 1.99. The lowest BCUT2D eigenvalue weighted by Crippen LogP contribution is -2.18. The van der Waals surface area contributed by atoms with Crippen LogP contribution in [0.5, 0.6) is 0 Å². The summed E-state index contributed by atoms with van der Waals surface area (Å²) < 4.78 is 0. The van der Waals surface area contributed by atoms with Crippen molar-refractivity contribution in [2.75, 3.05) is 29.3 Å². The van der Waals surface area contributed by atoms with Crippen molar-refractivity contribution < 1.29 is 0 Å². The molecule has 0 saturated heterocycles. The van der Waals surface area contributed by atoms with Gasteiger partial charge in [0.2, 0.25) is 0 Å². The highest BCUT2D eigenvalue weighted by Gasteiger charge is 2.28. The molecule has 0 radical (unpaired) electrons. The van der Waals surface area contributed by atoms with Crippen LogP contribution in [0, 0.1) is 12.8 Å². The number of hydrazine groups is 1. The lowest BCUT2D eigenvalue weighted by atomic mass is 10.2. The molecule has 0 aliphatic heterocycles. The van der Waals surface area contributed by atoms with Crippen LogP contribution in [0.15, 0.2) is 0 Å². The van der Waals surface area contributed by atoms with Crippen molar-refractivity contribution in [2.45, 2.75) is 32.6 Å². The summed E-state index contributed by atoms with van der Waals surface area (Å²) in [5.74, 6) is 10.4. The summed E-state index contributed by atoms with van der Waals surface area (Å²) in [6.45, 7) is 5.16. The first-order valence-electron chi connectivity index (χ1n) is 6.73. The number of thioether (sulfide) groups is 1. The van der Waals surface area contributed by atoms with E-state index in [0.717, 1.165) is 35.3 Å². The number of nitrogens with one attached hydrogen (secondary N) is 2. The van der Waals surface area contributed by atoms with Crippen LogP contribution >= 0.6 is 11.8 Å². The molecule has 1 saturated carbocycles. The van der Waals surface area contributed by atoms with Gasteiger partial charge in [-0.3, -0.25) is 0 Å². The lowest BCUT2D eigenvalue weighted by molar-refractivity contribution is 0.697. The molecule has 1 aliphatic rings. The van der Waals surface area contributed by atoms with Crippen molar-refractivity contribution in [3.8, 4) is 0 Å². The third-order valence-corrected chi connectivity index (χ3v) is 4.21. The number of aromatic nitrogens is 2. The molecule has 5 nitrogen and oxygen atoms in total. The Hall–Kier alpha value is -1.01. The monoisotopic (exact) mass is 281 g/mol. The van der Waals surface area contributed by atoms with E-state index in [9.17, 15) is 0 Å². The van der Waals surface area contributed by atoms with Crippen molar-refractivity contribution in [1.29, 1.82) is 0 Å². The van der Waals surface area contributed by atoms with E-state index in [-0.39, 0.29) is 0 Å². The van der Waals surface area contributed by atoms with Crippen LogP contribution in [0.25, 0.3) is 0 Å². The molecule has 1 aliphatic carbocycles. The number of nitrogens with two attached hydrogens (primary N) is 1. The molecule has 0 spiro atoms. The van der Waals surface area contributed by atoms with E-state index in [1.54, 1.807) is 0 Å². The molecule has 0 aromatic carbocycles. The van der Waals surface area contributed by atoms with Gasteiger partial charge >= 0.3 is 0 Å². The van der Waals surface area contributed by atoms with Crippen LogP contribution in [-0.2, 0) is 0 Å². The molecule has 0 bridgehead atoms. The minimum atomic E-state index is 0.525. The molecule has 4 N–H and O–H groups in total. The summed E-state index contributed by atoms with van der Waals surface area (Å²) in [6.07, 6.45) is 4.51. The van der Waals surface area contributed by atoms with Crippen LogP contribution in [0.3, 0.4) is 0 Å². The number of anilines is 2. The van der Waals surface area contributed by atoms with E-state index >= 15 is 0 Å². The third-order valence-electron chi connectivity index (χ3n) is 3.31. The zero-order valence-electron chi connectivity index (χ0n) is 11.9. The Kier molecular flexibility index (Phi) is 4.87. The van der Waals surface area contributed by atoms with E-state index in [1.165, 1.54) is 12.8 Å². The van der Waals surface area contributed by atoms with Gasteiger partial charge < -0.3 is 10.7 Å². The molecule has 19 heavy (non-hydrogen) atoms. The van der Waals surface area contributed by atoms with Crippen LogP contribution in [0.1, 0.15) is 37.1 Å². The molecular formula is C13H23N5S. The second-order valence-electron chi connectivity index (χ2n) is 5.26. The predicted octanol–water partition coefficient (Wildman–Crippen LogP) is 2.36. The van der Waals surface area contributed by atoms with Crippen LogP contribution in [0.2, 0.25) is 0 Å². The van der Waals surface area contributed by atoms with Gasteiger partial charge in [-0.1, -0.05) is 6.92 Å². The molecule has 1 atom stereocenters. The number of nitrogen functional groups attached to an aromatic ring is 1. The molecule has 1 aromatic heterocycles. The first-order valence-corrected chi connectivity index (χ1v) is 8.13. The number of hydrogen-bond donors (Lipinski definition) is 3. The van der Waals surface area contributed by atoms with Crippen LogP contribution in [0.4, 0.5) is 11.6 Å². The summed E-state index contributed by atoms with van der Waals surface area (Å²) in [7, 11) is 0. The van der Waals surface area contributed by atoms with Crippen LogP contribution in [-0.4, -0.2) is 28.5 Å². The van der Waals surface area contributed by atoms with E-state index in [0.29, 0.717) is 11.8 Å². The molecule has 1 heterocycles. The topological polar surface area (TPSA) is 75.9 Å². The molecule has 2 rings (SSSR count). The number of rotatable bonds is 7.